The van der Waals surface area contributed by atoms with Crippen LogP contribution in [-0.2, 0) is 6.54 Å². The second-order valence-electron chi connectivity index (χ2n) is 6.23. The zero-order chi connectivity index (χ0) is 14.8. The van der Waals surface area contributed by atoms with Crippen LogP contribution in [-0.4, -0.2) is 36.6 Å². The van der Waals surface area contributed by atoms with Crippen LogP contribution in [0.3, 0.4) is 0 Å². The predicted octanol–water partition coefficient (Wildman–Crippen LogP) is 3.32. The Hall–Kier alpha value is -0.930. The van der Waals surface area contributed by atoms with Crippen LogP contribution in [0.15, 0.2) is 24.4 Å². The summed E-state index contributed by atoms with van der Waals surface area (Å²) >= 11 is 0. The normalized spacial score (nSPS) is 14.4. The maximum absolute atomic E-state index is 4.41. The maximum atomic E-state index is 4.41. The third kappa shape index (κ3) is 6.49. The molecule has 1 heterocycles. The number of nitrogens with zero attached hydrogens (tertiary/aromatic N) is 2. The zero-order valence-electron chi connectivity index (χ0n) is 13.7. The first-order chi connectivity index (χ1) is 9.59. The van der Waals surface area contributed by atoms with Gasteiger partial charge < -0.3 is 5.32 Å². The minimum atomic E-state index is 0.341. The average Bonchev–Trinajstić information content (AvgIpc) is 2.40. The Bertz CT molecular complexity index is 353. The zero-order valence-corrected chi connectivity index (χ0v) is 13.7. The Morgan fingerprint density at radius 1 is 1.25 bits per heavy atom. The second-order valence-corrected chi connectivity index (χ2v) is 6.23. The van der Waals surface area contributed by atoms with Crippen LogP contribution in [0.1, 0.15) is 45.7 Å². The molecule has 1 atom stereocenters. The first-order valence-electron chi connectivity index (χ1n) is 7.89. The predicted molar refractivity (Wildman–Crippen MR) is 86.7 cm³/mol. The largest absolute Gasteiger partial charge is 0.316 e. The Labute approximate surface area is 124 Å². The van der Waals surface area contributed by atoms with Crippen molar-refractivity contribution in [1.29, 1.82) is 0 Å². The number of hydrogen-bond donors (Lipinski definition) is 1. The summed E-state index contributed by atoms with van der Waals surface area (Å²) < 4.78 is 0. The summed E-state index contributed by atoms with van der Waals surface area (Å²) in [5.74, 6) is 0. The van der Waals surface area contributed by atoms with E-state index < -0.39 is 0 Å². The van der Waals surface area contributed by atoms with E-state index >= 15 is 0 Å². The van der Waals surface area contributed by atoms with Crippen molar-refractivity contribution in [3.63, 3.8) is 0 Å². The second kappa shape index (κ2) is 9.09. The summed E-state index contributed by atoms with van der Waals surface area (Å²) in [5.41, 5.74) is 1.49. The van der Waals surface area contributed by atoms with Gasteiger partial charge in [-0.25, -0.2) is 0 Å². The quantitative estimate of drug-likeness (QED) is 0.665. The number of nitrogens with one attached hydrogen (secondary N) is 1. The SMILES string of the molecule is CCCNCC(C)(CCC)CN(C)Cc1ccccn1. The van der Waals surface area contributed by atoms with Crippen LogP contribution in [0.25, 0.3) is 0 Å². The van der Waals surface area contributed by atoms with Gasteiger partial charge in [-0.05, 0) is 44.0 Å². The van der Waals surface area contributed by atoms with Gasteiger partial charge in [0.2, 0.25) is 0 Å². The lowest BCUT2D eigenvalue weighted by Gasteiger charge is -2.34. The van der Waals surface area contributed by atoms with E-state index in [1.807, 2.05) is 12.3 Å². The summed E-state index contributed by atoms with van der Waals surface area (Å²) in [6, 6.07) is 6.13. The monoisotopic (exact) mass is 277 g/mol. The molecule has 0 radical (unpaired) electrons. The minimum Gasteiger partial charge on any atom is -0.316 e. The molecule has 1 aromatic rings. The van der Waals surface area contributed by atoms with Crippen LogP contribution >= 0.6 is 0 Å². The van der Waals surface area contributed by atoms with Gasteiger partial charge >= 0.3 is 0 Å². The Balaban J connectivity index is 2.50. The van der Waals surface area contributed by atoms with E-state index in [9.17, 15) is 0 Å². The molecule has 0 saturated carbocycles. The molecule has 3 heteroatoms. The van der Waals surface area contributed by atoms with Crippen LogP contribution in [0.4, 0.5) is 0 Å². The van der Waals surface area contributed by atoms with Gasteiger partial charge in [0, 0.05) is 25.8 Å². The first-order valence-corrected chi connectivity index (χ1v) is 7.89. The van der Waals surface area contributed by atoms with E-state index in [1.165, 1.54) is 19.3 Å². The number of aromatic nitrogens is 1. The van der Waals surface area contributed by atoms with Crippen LogP contribution in [0.2, 0.25) is 0 Å². The van der Waals surface area contributed by atoms with E-state index in [2.05, 4.69) is 55.2 Å². The molecular formula is C17H31N3. The van der Waals surface area contributed by atoms with Crippen molar-refractivity contribution in [1.82, 2.24) is 15.2 Å². The van der Waals surface area contributed by atoms with Gasteiger partial charge in [-0.2, -0.15) is 0 Å². The highest BCUT2D eigenvalue weighted by Gasteiger charge is 2.24. The lowest BCUT2D eigenvalue weighted by molar-refractivity contribution is 0.167. The Morgan fingerprint density at radius 3 is 2.65 bits per heavy atom. The van der Waals surface area contributed by atoms with Crippen molar-refractivity contribution in [2.45, 2.75) is 46.6 Å². The molecule has 0 aliphatic heterocycles. The van der Waals surface area contributed by atoms with E-state index in [1.54, 1.807) is 0 Å². The molecule has 0 spiro atoms. The Kier molecular flexibility index (Phi) is 7.78. The van der Waals surface area contributed by atoms with E-state index in [0.29, 0.717) is 5.41 Å². The standard InChI is InChI=1S/C17H31N3/c1-5-10-17(3,14-18-11-6-2)15-20(4)13-16-9-7-8-12-19-16/h7-9,12,18H,5-6,10-11,13-15H2,1-4H3. The fourth-order valence-electron chi connectivity index (χ4n) is 2.87. The molecular weight excluding hydrogens is 246 g/mol. The number of rotatable bonds is 10. The molecule has 0 aromatic carbocycles. The molecule has 1 unspecified atom stereocenters. The molecule has 0 saturated heterocycles. The highest BCUT2D eigenvalue weighted by molar-refractivity contribution is 5.03. The van der Waals surface area contributed by atoms with Crippen molar-refractivity contribution in [2.75, 3.05) is 26.7 Å². The summed E-state index contributed by atoms with van der Waals surface area (Å²) in [6.45, 7) is 11.1. The fraction of sp³-hybridized carbons (Fsp3) is 0.706. The van der Waals surface area contributed by atoms with Crippen LogP contribution in [0.5, 0.6) is 0 Å². The first kappa shape index (κ1) is 17.1. The highest BCUT2D eigenvalue weighted by Crippen LogP contribution is 2.24. The molecule has 0 amide bonds. The van der Waals surface area contributed by atoms with Gasteiger partial charge in [-0.3, -0.25) is 9.88 Å². The number of hydrogen-bond acceptors (Lipinski definition) is 3. The summed E-state index contributed by atoms with van der Waals surface area (Å²) in [7, 11) is 2.20. The minimum absolute atomic E-state index is 0.341. The topological polar surface area (TPSA) is 28.2 Å². The molecule has 0 aliphatic carbocycles. The molecule has 0 aliphatic rings. The molecule has 1 rings (SSSR count). The van der Waals surface area contributed by atoms with Crippen molar-refractivity contribution in [3.05, 3.63) is 30.1 Å². The van der Waals surface area contributed by atoms with Gasteiger partial charge in [-0.15, -0.1) is 0 Å². The summed E-state index contributed by atoms with van der Waals surface area (Å²) in [5, 5.41) is 3.59. The Morgan fingerprint density at radius 2 is 2.05 bits per heavy atom. The van der Waals surface area contributed by atoms with Crippen LogP contribution < -0.4 is 5.32 Å². The third-order valence-corrected chi connectivity index (χ3v) is 3.64. The maximum Gasteiger partial charge on any atom is 0.0543 e. The molecule has 114 valence electrons. The van der Waals surface area contributed by atoms with Gasteiger partial charge in [0.1, 0.15) is 0 Å². The fourth-order valence-corrected chi connectivity index (χ4v) is 2.87. The molecule has 3 nitrogen and oxygen atoms in total. The highest BCUT2D eigenvalue weighted by atomic mass is 15.1. The van der Waals surface area contributed by atoms with Gasteiger partial charge in [0.25, 0.3) is 0 Å². The molecule has 1 aromatic heterocycles. The van der Waals surface area contributed by atoms with Gasteiger partial charge in [0.15, 0.2) is 0 Å². The molecule has 1 N–H and O–H groups in total. The van der Waals surface area contributed by atoms with E-state index in [0.717, 1.165) is 31.9 Å². The lowest BCUT2D eigenvalue weighted by Crippen LogP contribution is -2.41. The lowest BCUT2D eigenvalue weighted by atomic mass is 9.84. The summed E-state index contributed by atoms with van der Waals surface area (Å²) in [4.78, 5) is 6.81. The smallest absolute Gasteiger partial charge is 0.0543 e. The van der Waals surface area contributed by atoms with Gasteiger partial charge in [0.05, 0.1) is 5.69 Å². The molecule has 0 bridgehead atoms. The van der Waals surface area contributed by atoms with Crippen molar-refractivity contribution in [2.24, 2.45) is 5.41 Å². The molecule has 0 fully saturated rings. The average molecular weight is 277 g/mol. The number of pyridine rings is 1. The summed E-state index contributed by atoms with van der Waals surface area (Å²) in [6.07, 6.45) is 5.57. The van der Waals surface area contributed by atoms with Crippen molar-refractivity contribution < 1.29 is 0 Å². The van der Waals surface area contributed by atoms with E-state index in [4.69, 9.17) is 0 Å². The van der Waals surface area contributed by atoms with Crippen molar-refractivity contribution in [3.8, 4) is 0 Å². The van der Waals surface area contributed by atoms with Crippen molar-refractivity contribution >= 4 is 0 Å². The third-order valence-electron chi connectivity index (χ3n) is 3.64. The van der Waals surface area contributed by atoms with E-state index in [-0.39, 0.29) is 0 Å². The molecule has 20 heavy (non-hydrogen) atoms. The van der Waals surface area contributed by atoms with Crippen LogP contribution in [0, 0.1) is 5.41 Å². The van der Waals surface area contributed by atoms with Gasteiger partial charge in [-0.1, -0.05) is 33.3 Å².